The number of fused-ring (bicyclic) bond motifs is 2. The molecule has 0 atom stereocenters. The number of H-pyrrole nitrogens is 1. The van der Waals surface area contributed by atoms with Gasteiger partial charge in [0, 0.05) is 17.3 Å². The highest BCUT2D eigenvalue weighted by Crippen LogP contribution is 2.32. The van der Waals surface area contributed by atoms with Crippen LogP contribution in [0.4, 0.5) is 0 Å². The van der Waals surface area contributed by atoms with E-state index in [2.05, 4.69) is 18.8 Å². The highest BCUT2D eigenvalue weighted by molar-refractivity contribution is 7.16. The molecule has 4 rings (SSSR count). The van der Waals surface area contributed by atoms with E-state index in [1.54, 1.807) is 0 Å². The van der Waals surface area contributed by atoms with Crippen molar-refractivity contribution in [3.8, 4) is 11.3 Å². The van der Waals surface area contributed by atoms with Gasteiger partial charge in [0.25, 0.3) is 0 Å². The number of benzene rings is 1. The molecule has 0 saturated heterocycles. The lowest BCUT2D eigenvalue weighted by Gasteiger charge is -2.11. The van der Waals surface area contributed by atoms with Crippen LogP contribution in [-0.2, 0) is 0 Å². The van der Waals surface area contributed by atoms with Gasteiger partial charge in [-0.1, -0.05) is 17.4 Å². The van der Waals surface area contributed by atoms with Gasteiger partial charge in [-0.25, -0.2) is 4.98 Å². The summed E-state index contributed by atoms with van der Waals surface area (Å²) in [5.74, 6) is 0. The molecular weight excluding hydrogens is 308 g/mol. The lowest BCUT2D eigenvalue weighted by Crippen LogP contribution is -2.04. The largest absolute Gasteiger partial charge is 0.312 e. The van der Waals surface area contributed by atoms with Gasteiger partial charge in [0.2, 0.25) is 0 Å². The van der Waals surface area contributed by atoms with Crippen LogP contribution in [-0.4, -0.2) is 19.7 Å². The average molecular weight is 324 g/mol. The van der Waals surface area contributed by atoms with Crippen LogP contribution >= 0.6 is 11.3 Å². The van der Waals surface area contributed by atoms with Crippen molar-refractivity contribution in [2.45, 2.75) is 26.8 Å². The van der Waals surface area contributed by atoms with E-state index >= 15 is 0 Å². The minimum absolute atomic E-state index is 0.0339. The number of aromatic nitrogens is 4. The molecule has 0 bridgehead atoms. The van der Waals surface area contributed by atoms with Crippen LogP contribution < -0.4 is 4.87 Å². The Labute approximate surface area is 136 Å². The molecule has 4 aromatic rings. The fourth-order valence-electron chi connectivity index (χ4n) is 2.81. The third-order valence-electron chi connectivity index (χ3n) is 3.87. The fraction of sp³-hybridized carbons (Fsp3) is 0.235. The Hall–Kier alpha value is -2.47. The summed E-state index contributed by atoms with van der Waals surface area (Å²) >= 11 is 1.23. The van der Waals surface area contributed by atoms with E-state index in [4.69, 9.17) is 10.1 Å². The first-order chi connectivity index (χ1) is 11.0. The maximum Gasteiger partial charge on any atom is 0.305 e. The minimum Gasteiger partial charge on any atom is -0.312 e. The van der Waals surface area contributed by atoms with Gasteiger partial charge in [-0.2, -0.15) is 5.10 Å². The molecule has 6 heteroatoms. The van der Waals surface area contributed by atoms with E-state index in [0.717, 1.165) is 38.2 Å². The van der Waals surface area contributed by atoms with Gasteiger partial charge < -0.3 is 4.98 Å². The first-order valence-electron chi connectivity index (χ1n) is 7.52. The Bertz CT molecular complexity index is 1090. The van der Waals surface area contributed by atoms with Crippen LogP contribution in [0, 0.1) is 6.92 Å². The molecule has 3 heterocycles. The highest BCUT2D eigenvalue weighted by Gasteiger charge is 2.17. The first-order valence-corrected chi connectivity index (χ1v) is 8.33. The Morgan fingerprint density at radius 2 is 2.04 bits per heavy atom. The molecule has 0 unspecified atom stereocenters. The third kappa shape index (κ3) is 2.26. The monoisotopic (exact) mass is 324 g/mol. The lowest BCUT2D eigenvalue weighted by atomic mass is 10.1. The van der Waals surface area contributed by atoms with Crippen molar-refractivity contribution in [3.05, 3.63) is 45.7 Å². The number of nitrogens with one attached hydrogen (secondary N) is 1. The molecule has 23 heavy (non-hydrogen) atoms. The van der Waals surface area contributed by atoms with Crippen LogP contribution in [0.3, 0.4) is 0 Å². The Balaban J connectivity index is 2.06. The van der Waals surface area contributed by atoms with Gasteiger partial charge in [0.1, 0.15) is 11.0 Å². The van der Waals surface area contributed by atoms with E-state index in [1.165, 1.54) is 11.3 Å². The second kappa shape index (κ2) is 5.03. The average Bonchev–Trinajstić information content (AvgIpc) is 3.05. The Morgan fingerprint density at radius 3 is 2.83 bits per heavy atom. The number of nitrogens with zero attached hydrogens (tertiary/aromatic N) is 3. The predicted octanol–water partition coefficient (Wildman–Crippen LogP) is 3.89. The molecule has 0 spiro atoms. The molecule has 3 aromatic heterocycles. The second-order valence-corrected chi connectivity index (χ2v) is 6.95. The maximum absolute atomic E-state index is 11.6. The quantitative estimate of drug-likeness (QED) is 0.608. The molecule has 0 radical (unpaired) electrons. The first kappa shape index (κ1) is 14.1. The van der Waals surface area contributed by atoms with Gasteiger partial charge in [-0.3, -0.25) is 9.48 Å². The van der Waals surface area contributed by atoms with Crippen molar-refractivity contribution in [3.63, 3.8) is 0 Å². The van der Waals surface area contributed by atoms with E-state index in [-0.39, 0.29) is 10.9 Å². The molecule has 0 aliphatic rings. The Morgan fingerprint density at radius 1 is 1.22 bits per heavy atom. The van der Waals surface area contributed by atoms with Crippen molar-refractivity contribution in [1.82, 2.24) is 19.7 Å². The van der Waals surface area contributed by atoms with Crippen LogP contribution in [0.15, 0.2) is 35.1 Å². The number of rotatable bonds is 2. The molecular formula is C17H16N4OS. The summed E-state index contributed by atoms with van der Waals surface area (Å²) in [6, 6.07) is 10.2. The normalized spacial score (nSPS) is 11.8. The van der Waals surface area contributed by atoms with E-state index < -0.39 is 0 Å². The van der Waals surface area contributed by atoms with E-state index in [1.807, 2.05) is 41.9 Å². The van der Waals surface area contributed by atoms with Crippen LogP contribution in [0.2, 0.25) is 0 Å². The summed E-state index contributed by atoms with van der Waals surface area (Å²) in [7, 11) is 0. The summed E-state index contributed by atoms with van der Waals surface area (Å²) < 4.78 is 2.96. The van der Waals surface area contributed by atoms with Crippen molar-refractivity contribution in [1.29, 1.82) is 0 Å². The van der Waals surface area contributed by atoms with Gasteiger partial charge >= 0.3 is 4.87 Å². The fourth-order valence-corrected chi connectivity index (χ4v) is 3.59. The second-order valence-electron chi connectivity index (χ2n) is 5.93. The highest BCUT2D eigenvalue weighted by atomic mass is 32.1. The molecule has 1 N–H and O–H groups in total. The van der Waals surface area contributed by atoms with Gasteiger partial charge in [0.15, 0.2) is 0 Å². The van der Waals surface area contributed by atoms with Gasteiger partial charge in [-0.05, 0) is 45.0 Å². The summed E-state index contributed by atoms with van der Waals surface area (Å²) in [5.41, 5.74) is 5.66. The number of hydrogen-bond donors (Lipinski definition) is 1. The van der Waals surface area contributed by atoms with Crippen molar-refractivity contribution in [2.24, 2.45) is 0 Å². The number of hydrogen-bond acceptors (Lipinski definition) is 4. The van der Waals surface area contributed by atoms with Crippen LogP contribution in [0.5, 0.6) is 0 Å². The van der Waals surface area contributed by atoms with Gasteiger partial charge in [-0.15, -0.1) is 0 Å². The summed E-state index contributed by atoms with van der Waals surface area (Å²) in [6.07, 6.45) is 0. The molecule has 116 valence electrons. The number of aromatic amines is 1. The summed E-state index contributed by atoms with van der Waals surface area (Å²) in [6.45, 7) is 6.20. The lowest BCUT2D eigenvalue weighted by molar-refractivity contribution is 0.543. The molecule has 0 fully saturated rings. The molecule has 0 aliphatic heterocycles. The maximum atomic E-state index is 11.6. The smallest absolute Gasteiger partial charge is 0.305 e. The summed E-state index contributed by atoms with van der Waals surface area (Å²) in [5, 5.41) is 4.70. The van der Waals surface area contributed by atoms with Crippen LogP contribution in [0.25, 0.3) is 32.5 Å². The van der Waals surface area contributed by atoms with Crippen molar-refractivity contribution < 1.29 is 0 Å². The number of thiazole rings is 1. The van der Waals surface area contributed by atoms with Crippen molar-refractivity contribution in [2.75, 3.05) is 0 Å². The zero-order valence-electron chi connectivity index (χ0n) is 13.1. The van der Waals surface area contributed by atoms with Crippen molar-refractivity contribution >= 4 is 32.6 Å². The molecule has 1 aromatic carbocycles. The zero-order chi connectivity index (χ0) is 16.1. The third-order valence-corrected chi connectivity index (χ3v) is 4.71. The number of aryl methyl sites for hydroxylation is 1. The molecule has 0 aliphatic carbocycles. The topological polar surface area (TPSA) is 63.6 Å². The SMILES string of the molecule is Cc1ccc2nn(C(C)C)c(-c3ccc4[nH]c(=O)sc4c3)c2n1. The summed E-state index contributed by atoms with van der Waals surface area (Å²) in [4.78, 5) is 19.0. The molecule has 0 saturated carbocycles. The van der Waals surface area contributed by atoms with E-state index in [0.29, 0.717) is 0 Å². The standard InChI is InChI=1S/C17H16N4OS/c1-9(2)21-16(15-13(20-21)6-4-10(3)18-15)11-5-7-12-14(8-11)23-17(22)19-12/h4-9H,1-3H3,(H,19,22). The zero-order valence-corrected chi connectivity index (χ0v) is 13.9. The van der Waals surface area contributed by atoms with E-state index in [9.17, 15) is 4.79 Å². The Kier molecular flexibility index (Phi) is 3.09. The molecule has 5 nitrogen and oxygen atoms in total. The number of pyridine rings is 1. The van der Waals surface area contributed by atoms with Gasteiger partial charge in [0.05, 0.1) is 15.9 Å². The minimum atomic E-state index is -0.0339. The predicted molar refractivity (Wildman–Crippen MR) is 94.1 cm³/mol. The van der Waals surface area contributed by atoms with Crippen LogP contribution in [0.1, 0.15) is 25.6 Å². The molecule has 0 amide bonds.